The molecule has 2 N–H and O–H groups in total. The third kappa shape index (κ3) is 6.16. The van der Waals surface area contributed by atoms with Crippen molar-refractivity contribution in [3.05, 3.63) is 141 Å². The minimum atomic E-state index is -0.905. The van der Waals surface area contributed by atoms with Gasteiger partial charge in [-0.1, -0.05) is 91.0 Å². The molecule has 2 aromatic heterocycles. The topological polar surface area (TPSA) is 110 Å². The van der Waals surface area contributed by atoms with E-state index in [-0.39, 0.29) is 36.0 Å². The van der Waals surface area contributed by atoms with Gasteiger partial charge in [0.2, 0.25) is 16.9 Å². The van der Waals surface area contributed by atoms with E-state index in [2.05, 4.69) is 20.9 Å². The standard InChI is InChI=1S/C31H26BrN3O5/c32-26-18-34-30(29-28(24(36)16-17-38-29)39-20-21-10-4-1-5-11-21)35(26)19-25(40-31(33)37)27(22-12-6-2-7-13-22)23-14-8-3-9-15-23/h1-18,25,27H,19-20H2,(H2,33,37)/t25-/m1/s1. The van der Waals surface area contributed by atoms with Crippen molar-refractivity contribution < 1.29 is 18.7 Å². The highest BCUT2D eigenvalue weighted by Gasteiger charge is 2.31. The smallest absolute Gasteiger partial charge is 0.404 e. The third-order valence-electron chi connectivity index (χ3n) is 6.39. The number of imidazole rings is 1. The SMILES string of the molecule is NC(=O)O[C@H](Cn1c(Br)cnc1-c1occc(=O)c1OCc1ccccc1)C(c1ccccc1)c1ccccc1. The molecule has 202 valence electrons. The van der Waals surface area contributed by atoms with Gasteiger partial charge in [0.05, 0.1) is 19.0 Å². The van der Waals surface area contributed by atoms with E-state index in [1.54, 1.807) is 10.8 Å². The van der Waals surface area contributed by atoms with Crippen molar-refractivity contribution in [2.45, 2.75) is 25.2 Å². The number of rotatable bonds is 10. The van der Waals surface area contributed by atoms with Crippen LogP contribution in [0.25, 0.3) is 11.6 Å². The molecule has 5 aromatic rings. The molecule has 5 rings (SSSR count). The van der Waals surface area contributed by atoms with Crippen molar-refractivity contribution in [3.63, 3.8) is 0 Å². The lowest BCUT2D eigenvalue weighted by Gasteiger charge is -2.28. The second-order valence-electron chi connectivity index (χ2n) is 9.01. The van der Waals surface area contributed by atoms with Crippen LogP contribution in [0.4, 0.5) is 4.79 Å². The lowest BCUT2D eigenvalue weighted by Crippen LogP contribution is -2.33. The van der Waals surface area contributed by atoms with E-state index in [9.17, 15) is 9.59 Å². The van der Waals surface area contributed by atoms with Crippen LogP contribution >= 0.6 is 15.9 Å². The van der Waals surface area contributed by atoms with Gasteiger partial charge in [-0.3, -0.25) is 4.79 Å². The van der Waals surface area contributed by atoms with Crippen molar-refractivity contribution in [2.24, 2.45) is 5.73 Å². The summed E-state index contributed by atoms with van der Waals surface area (Å²) in [6.07, 6.45) is 1.24. The zero-order chi connectivity index (χ0) is 27.9. The first kappa shape index (κ1) is 27.0. The number of carbonyl (C=O) groups is 1. The minimum absolute atomic E-state index is 0.0285. The molecule has 3 aromatic carbocycles. The highest BCUT2D eigenvalue weighted by Crippen LogP contribution is 2.34. The van der Waals surface area contributed by atoms with Crippen molar-refractivity contribution in [2.75, 3.05) is 0 Å². The second kappa shape index (κ2) is 12.5. The zero-order valence-corrected chi connectivity index (χ0v) is 22.9. The Hall–Kier alpha value is -4.63. The van der Waals surface area contributed by atoms with Crippen LogP contribution in [0.1, 0.15) is 22.6 Å². The monoisotopic (exact) mass is 599 g/mol. The number of benzene rings is 3. The molecule has 1 atom stereocenters. The van der Waals surface area contributed by atoms with E-state index >= 15 is 0 Å². The summed E-state index contributed by atoms with van der Waals surface area (Å²) in [6, 6.07) is 30.3. The molecule has 0 radical (unpaired) electrons. The van der Waals surface area contributed by atoms with Gasteiger partial charge in [0, 0.05) is 12.0 Å². The number of aromatic nitrogens is 2. The van der Waals surface area contributed by atoms with E-state index < -0.39 is 12.2 Å². The average Bonchev–Trinajstić information content (AvgIpc) is 3.33. The van der Waals surface area contributed by atoms with Crippen LogP contribution in [0.5, 0.6) is 5.75 Å². The molecule has 0 saturated carbocycles. The summed E-state index contributed by atoms with van der Waals surface area (Å²) in [6.45, 7) is 0.312. The molecule has 9 heteroatoms. The third-order valence-corrected chi connectivity index (χ3v) is 7.02. The summed E-state index contributed by atoms with van der Waals surface area (Å²) >= 11 is 3.56. The largest absolute Gasteiger partial charge is 0.481 e. The number of ether oxygens (including phenoxy) is 2. The quantitative estimate of drug-likeness (QED) is 0.206. The van der Waals surface area contributed by atoms with Gasteiger partial charge in [-0.25, -0.2) is 9.78 Å². The van der Waals surface area contributed by atoms with Gasteiger partial charge < -0.3 is 24.2 Å². The summed E-state index contributed by atoms with van der Waals surface area (Å²) < 4.78 is 19.8. The molecule has 0 bridgehead atoms. The van der Waals surface area contributed by atoms with Crippen molar-refractivity contribution in [3.8, 4) is 17.3 Å². The van der Waals surface area contributed by atoms with Gasteiger partial charge in [-0.05, 0) is 32.6 Å². The molecule has 1 amide bonds. The van der Waals surface area contributed by atoms with E-state index in [0.717, 1.165) is 16.7 Å². The number of carbonyl (C=O) groups excluding carboxylic acids is 1. The summed E-state index contributed by atoms with van der Waals surface area (Å²) in [5, 5.41) is 0. The van der Waals surface area contributed by atoms with E-state index in [1.165, 1.54) is 12.3 Å². The molecule has 0 aliphatic rings. The summed E-state index contributed by atoms with van der Waals surface area (Å²) in [5.41, 5.74) is 7.99. The number of hydrogen-bond acceptors (Lipinski definition) is 6. The van der Waals surface area contributed by atoms with Crippen LogP contribution < -0.4 is 15.9 Å². The molecule has 0 spiro atoms. The molecule has 2 heterocycles. The van der Waals surface area contributed by atoms with Crippen LogP contribution in [0.2, 0.25) is 0 Å². The first-order valence-electron chi connectivity index (χ1n) is 12.6. The molecular formula is C31H26BrN3O5. The summed E-state index contributed by atoms with van der Waals surface area (Å²) in [5.74, 6) is 0.155. The molecule has 0 aliphatic carbocycles. The number of primary amides is 1. The average molecular weight is 600 g/mol. The Bertz CT molecular complexity index is 1580. The van der Waals surface area contributed by atoms with Crippen LogP contribution in [0, 0.1) is 0 Å². The summed E-state index contributed by atoms with van der Waals surface area (Å²) in [4.78, 5) is 29.5. The Kier molecular flexibility index (Phi) is 8.41. The first-order chi connectivity index (χ1) is 19.5. The second-order valence-corrected chi connectivity index (χ2v) is 9.82. The lowest BCUT2D eigenvalue weighted by atomic mass is 9.86. The molecule has 0 saturated heterocycles. The van der Waals surface area contributed by atoms with Gasteiger partial charge in [-0.2, -0.15) is 0 Å². The normalized spacial score (nSPS) is 11.8. The maximum absolute atomic E-state index is 12.9. The van der Waals surface area contributed by atoms with Crippen molar-refractivity contribution >= 4 is 22.0 Å². The Balaban J connectivity index is 1.55. The van der Waals surface area contributed by atoms with Crippen LogP contribution in [0.3, 0.4) is 0 Å². The zero-order valence-electron chi connectivity index (χ0n) is 21.4. The van der Waals surface area contributed by atoms with Gasteiger partial charge in [0.15, 0.2) is 5.82 Å². The van der Waals surface area contributed by atoms with Gasteiger partial charge in [0.25, 0.3) is 0 Å². The number of hydrogen-bond donors (Lipinski definition) is 1. The van der Waals surface area contributed by atoms with Gasteiger partial charge >= 0.3 is 6.09 Å². The fraction of sp³-hybridized carbons (Fsp3) is 0.129. The fourth-order valence-electron chi connectivity index (χ4n) is 4.62. The van der Waals surface area contributed by atoms with Gasteiger partial charge in [-0.15, -0.1) is 0 Å². The number of nitrogens with two attached hydrogens (primary N) is 1. The van der Waals surface area contributed by atoms with Crippen molar-refractivity contribution in [1.29, 1.82) is 0 Å². The summed E-state index contributed by atoms with van der Waals surface area (Å²) in [7, 11) is 0. The molecule has 0 aliphatic heterocycles. The maximum atomic E-state index is 12.9. The lowest BCUT2D eigenvalue weighted by molar-refractivity contribution is 0.0854. The Labute approximate surface area is 239 Å². The first-order valence-corrected chi connectivity index (χ1v) is 13.4. The van der Waals surface area contributed by atoms with Crippen LogP contribution in [-0.4, -0.2) is 21.7 Å². The Morgan fingerprint density at radius 1 is 0.925 bits per heavy atom. The number of amides is 1. The van der Waals surface area contributed by atoms with Gasteiger partial charge in [0.1, 0.15) is 17.3 Å². The van der Waals surface area contributed by atoms with E-state index in [4.69, 9.17) is 19.6 Å². The molecule has 0 unspecified atom stereocenters. The predicted octanol–water partition coefficient (Wildman–Crippen LogP) is 6.14. The molecule has 40 heavy (non-hydrogen) atoms. The van der Waals surface area contributed by atoms with E-state index in [1.807, 2.05) is 91.0 Å². The fourth-order valence-corrected chi connectivity index (χ4v) is 5.03. The maximum Gasteiger partial charge on any atom is 0.404 e. The predicted molar refractivity (Wildman–Crippen MR) is 154 cm³/mol. The number of halogens is 1. The Morgan fingerprint density at radius 2 is 1.52 bits per heavy atom. The Morgan fingerprint density at radius 3 is 2.12 bits per heavy atom. The minimum Gasteiger partial charge on any atom is -0.481 e. The molecule has 8 nitrogen and oxygen atoms in total. The van der Waals surface area contributed by atoms with Crippen molar-refractivity contribution in [1.82, 2.24) is 9.55 Å². The van der Waals surface area contributed by atoms with E-state index in [0.29, 0.717) is 10.4 Å². The van der Waals surface area contributed by atoms with Crippen LogP contribution in [0.15, 0.2) is 123 Å². The number of nitrogens with zero attached hydrogens (tertiary/aromatic N) is 2. The molecule has 0 fully saturated rings. The van der Waals surface area contributed by atoms with Crippen LogP contribution in [-0.2, 0) is 17.9 Å². The molecular weight excluding hydrogens is 574 g/mol. The highest BCUT2D eigenvalue weighted by atomic mass is 79.9. The highest BCUT2D eigenvalue weighted by molar-refractivity contribution is 9.10.